The van der Waals surface area contributed by atoms with E-state index in [1.165, 1.54) is 18.2 Å². The maximum Gasteiger partial charge on any atom is 0.271 e. The number of hydrogen-bond acceptors (Lipinski definition) is 4. The highest BCUT2D eigenvalue weighted by Crippen LogP contribution is 2.27. The van der Waals surface area contributed by atoms with Crippen LogP contribution < -0.4 is 11.1 Å². The van der Waals surface area contributed by atoms with E-state index in [1.54, 1.807) is 0 Å². The first-order valence-corrected chi connectivity index (χ1v) is 6.72. The Hall–Kier alpha value is -1.47. The molecule has 0 spiro atoms. The van der Waals surface area contributed by atoms with Crippen molar-refractivity contribution in [2.45, 2.75) is 32.2 Å². The van der Waals surface area contributed by atoms with Gasteiger partial charge in [-0.1, -0.05) is 13.3 Å². The van der Waals surface area contributed by atoms with Crippen LogP contribution in [0.1, 0.15) is 26.2 Å². The van der Waals surface area contributed by atoms with E-state index in [4.69, 9.17) is 5.73 Å². The highest BCUT2D eigenvalue weighted by atomic mass is 79.9. The Labute approximate surface area is 119 Å². The van der Waals surface area contributed by atoms with Crippen LogP contribution in [0.3, 0.4) is 0 Å². The molecule has 0 bridgehead atoms. The van der Waals surface area contributed by atoms with Gasteiger partial charge in [0, 0.05) is 29.1 Å². The predicted octanol–water partition coefficient (Wildman–Crippen LogP) is 2.81. The van der Waals surface area contributed by atoms with Gasteiger partial charge in [0.15, 0.2) is 0 Å². The lowest BCUT2D eigenvalue weighted by atomic mass is 10.1. The van der Waals surface area contributed by atoms with Crippen molar-refractivity contribution in [1.82, 2.24) is 0 Å². The molecule has 0 aliphatic rings. The third kappa shape index (κ3) is 4.96. The molecular weight excluding hydrogens is 314 g/mol. The van der Waals surface area contributed by atoms with Gasteiger partial charge in [-0.25, -0.2) is 0 Å². The molecule has 104 valence electrons. The minimum Gasteiger partial charge on any atom is -0.327 e. The van der Waals surface area contributed by atoms with Crippen molar-refractivity contribution in [2.75, 3.05) is 5.32 Å². The van der Waals surface area contributed by atoms with E-state index in [1.807, 2.05) is 6.92 Å². The van der Waals surface area contributed by atoms with Gasteiger partial charge in [-0.15, -0.1) is 0 Å². The van der Waals surface area contributed by atoms with Gasteiger partial charge in [-0.2, -0.15) is 0 Å². The molecule has 1 unspecified atom stereocenters. The predicted molar refractivity (Wildman–Crippen MR) is 76.9 cm³/mol. The summed E-state index contributed by atoms with van der Waals surface area (Å²) in [4.78, 5) is 21.9. The van der Waals surface area contributed by atoms with Crippen LogP contribution in [0.5, 0.6) is 0 Å². The van der Waals surface area contributed by atoms with Gasteiger partial charge in [-0.05, 0) is 28.4 Å². The highest BCUT2D eigenvalue weighted by molar-refractivity contribution is 9.10. The van der Waals surface area contributed by atoms with Gasteiger partial charge in [-0.3, -0.25) is 14.9 Å². The van der Waals surface area contributed by atoms with Crippen LogP contribution in [0.25, 0.3) is 0 Å². The summed E-state index contributed by atoms with van der Waals surface area (Å²) in [6.07, 6.45) is 1.88. The summed E-state index contributed by atoms with van der Waals surface area (Å²) in [6.45, 7) is 1.99. The van der Waals surface area contributed by atoms with E-state index >= 15 is 0 Å². The van der Waals surface area contributed by atoms with E-state index in [2.05, 4.69) is 21.2 Å². The van der Waals surface area contributed by atoms with Crippen LogP contribution in [-0.4, -0.2) is 16.9 Å². The fraction of sp³-hybridized carbons (Fsp3) is 0.417. The second-order valence-corrected chi connectivity index (χ2v) is 5.08. The molecule has 19 heavy (non-hydrogen) atoms. The quantitative estimate of drug-likeness (QED) is 0.619. The zero-order valence-electron chi connectivity index (χ0n) is 10.6. The van der Waals surface area contributed by atoms with Crippen LogP contribution in [-0.2, 0) is 4.79 Å². The van der Waals surface area contributed by atoms with Crippen molar-refractivity contribution >= 4 is 33.2 Å². The number of carbonyl (C=O) groups is 1. The van der Waals surface area contributed by atoms with Crippen molar-refractivity contribution in [1.29, 1.82) is 0 Å². The molecule has 1 amide bonds. The van der Waals surface area contributed by atoms with Gasteiger partial charge >= 0.3 is 0 Å². The first-order valence-electron chi connectivity index (χ1n) is 5.93. The molecule has 0 fully saturated rings. The van der Waals surface area contributed by atoms with Gasteiger partial charge in [0.2, 0.25) is 5.91 Å². The monoisotopic (exact) mass is 329 g/mol. The first-order chi connectivity index (χ1) is 8.93. The number of anilines is 1. The number of nitrogens with one attached hydrogen (secondary N) is 1. The molecule has 0 aliphatic heterocycles. The zero-order valence-corrected chi connectivity index (χ0v) is 12.1. The van der Waals surface area contributed by atoms with Gasteiger partial charge in [0.05, 0.1) is 10.6 Å². The number of hydrogen-bond donors (Lipinski definition) is 2. The smallest absolute Gasteiger partial charge is 0.271 e. The van der Waals surface area contributed by atoms with Crippen LogP contribution in [0, 0.1) is 10.1 Å². The van der Waals surface area contributed by atoms with Crippen LogP contribution >= 0.6 is 15.9 Å². The number of halogens is 1. The maximum atomic E-state index is 11.7. The fourth-order valence-corrected chi connectivity index (χ4v) is 1.98. The Morgan fingerprint density at radius 3 is 2.84 bits per heavy atom. The average Bonchev–Trinajstić information content (AvgIpc) is 2.31. The topological polar surface area (TPSA) is 98.3 Å². The summed E-state index contributed by atoms with van der Waals surface area (Å²) in [5.74, 6) is -0.248. The van der Waals surface area contributed by atoms with Gasteiger partial charge in [0.25, 0.3) is 5.69 Å². The van der Waals surface area contributed by atoms with Crippen LogP contribution in [0.15, 0.2) is 22.7 Å². The molecule has 1 atom stereocenters. The van der Waals surface area contributed by atoms with Crippen LogP contribution in [0.2, 0.25) is 0 Å². The highest BCUT2D eigenvalue weighted by Gasteiger charge is 2.13. The van der Waals surface area contributed by atoms with E-state index in [0.717, 1.165) is 12.8 Å². The Bertz CT molecular complexity index is 479. The molecule has 1 aromatic carbocycles. The zero-order chi connectivity index (χ0) is 14.4. The molecule has 3 N–H and O–H groups in total. The third-order valence-electron chi connectivity index (χ3n) is 2.54. The van der Waals surface area contributed by atoms with E-state index < -0.39 is 4.92 Å². The molecular formula is C12H16BrN3O3. The lowest BCUT2D eigenvalue weighted by Gasteiger charge is -2.11. The second kappa shape index (κ2) is 7.20. The van der Waals surface area contributed by atoms with Crippen molar-refractivity contribution in [2.24, 2.45) is 5.73 Å². The van der Waals surface area contributed by atoms with E-state index in [0.29, 0.717) is 10.2 Å². The van der Waals surface area contributed by atoms with E-state index in [-0.39, 0.29) is 24.1 Å². The van der Waals surface area contributed by atoms with E-state index in [9.17, 15) is 14.9 Å². The summed E-state index contributed by atoms with van der Waals surface area (Å²) < 4.78 is 0.593. The summed E-state index contributed by atoms with van der Waals surface area (Å²) in [6, 6.07) is 4.01. The Kier molecular flexibility index (Phi) is 5.91. The molecule has 0 heterocycles. The number of nitrogens with two attached hydrogens (primary N) is 1. The standard InChI is InChI=1S/C12H16BrN3O3/c1-2-3-8(14)6-12(17)15-11-7-9(16(18)19)4-5-10(11)13/h4-5,7-8H,2-3,6,14H2,1H3,(H,15,17). The number of non-ortho nitro benzene ring substituents is 1. The number of nitro groups is 1. The lowest BCUT2D eigenvalue weighted by molar-refractivity contribution is -0.384. The molecule has 0 saturated carbocycles. The molecule has 7 heteroatoms. The molecule has 0 radical (unpaired) electrons. The van der Waals surface area contributed by atoms with Crippen molar-refractivity contribution in [3.05, 3.63) is 32.8 Å². The molecule has 0 aromatic heterocycles. The number of amides is 1. The number of benzene rings is 1. The van der Waals surface area contributed by atoms with Crippen molar-refractivity contribution < 1.29 is 9.72 Å². The van der Waals surface area contributed by atoms with Gasteiger partial charge in [0.1, 0.15) is 0 Å². The molecule has 1 aromatic rings. The SMILES string of the molecule is CCCC(N)CC(=O)Nc1cc([N+](=O)[O-])ccc1Br. The Balaban J connectivity index is 2.73. The Morgan fingerprint density at radius 1 is 1.58 bits per heavy atom. The normalized spacial score (nSPS) is 11.9. The summed E-state index contributed by atoms with van der Waals surface area (Å²) in [5.41, 5.74) is 6.08. The molecule has 0 saturated heterocycles. The summed E-state index contributed by atoms with van der Waals surface area (Å²) in [7, 11) is 0. The summed E-state index contributed by atoms with van der Waals surface area (Å²) >= 11 is 3.24. The molecule has 0 aliphatic carbocycles. The van der Waals surface area contributed by atoms with Crippen molar-refractivity contribution in [3.8, 4) is 0 Å². The largest absolute Gasteiger partial charge is 0.327 e. The first kappa shape index (κ1) is 15.6. The number of rotatable bonds is 6. The lowest BCUT2D eigenvalue weighted by Crippen LogP contribution is -2.26. The minimum atomic E-state index is -0.509. The maximum absolute atomic E-state index is 11.7. The fourth-order valence-electron chi connectivity index (χ4n) is 1.63. The number of nitro benzene ring substituents is 1. The third-order valence-corrected chi connectivity index (χ3v) is 3.23. The number of carbonyl (C=O) groups excluding carboxylic acids is 1. The molecule has 6 nitrogen and oxygen atoms in total. The average molecular weight is 330 g/mol. The van der Waals surface area contributed by atoms with Crippen LogP contribution in [0.4, 0.5) is 11.4 Å². The second-order valence-electron chi connectivity index (χ2n) is 4.22. The minimum absolute atomic E-state index is 0.0728. The summed E-state index contributed by atoms with van der Waals surface area (Å²) in [5, 5.41) is 13.3. The Morgan fingerprint density at radius 2 is 2.26 bits per heavy atom. The number of nitrogens with zero attached hydrogens (tertiary/aromatic N) is 1. The van der Waals surface area contributed by atoms with Gasteiger partial charge < -0.3 is 11.1 Å². The van der Waals surface area contributed by atoms with Crippen molar-refractivity contribution in [3.63, 3.8) is 0 Å². The molecule has 1 rings (SSSR count).